The predicted octanol–water partition coefficient (Wildman–Crippen LogP) is 2.47. The lowest BCUT2D eigenvalue weighted by Gasteiger charge is -2.12. The van der Waals surface area contributed by atoms with E-state index in [4.69, 9.17) is 18.7 Å². The van der Waals surface area contributed by atoms with Crippen LogP contribution in [0.15, 0.2) is 63.2 Å². The number of allylic oxidation sites excluding steroid dienone is 1. The van der Waals surface area contributed by atoms with Gasteiger partial charge in [-0.3, -0.25) is 13.9 Å². The molecule has 10 heteroatoms. The molecule has 0 saturated carbocycles. The highest BCUT2D eigenvalue weighted by atomic mass is 16.5. The molecule has 0 bridgehead atoms. The van der Waals surface area contributed by atoms with Crippen LogP contribution in [0, 0.1) is 0 Å². The van der Waals surface area contributed by atoms with Crippen molar-refractivity contribution in [2.75, 3.05) is 21.3 Å². The lowest BCUT2D eigenvalue weighted by molar-refractivity contribution is 0.324. The lowest BCUT2D eigenvalue weighted by Crippen LogP contribution is -2.40. The van der Waals surface area contributed by atoms with E-state index in [9.17, 15) is 9.59 Å². The van der Waals surface area contributed by atoms with E-state index < -0.39 is 5.69 Å². The van der Waals surface area contributed by atoms with Gasteiger partial charge >= 0.3 is 5.69 Å². The average Bonchev–Trinajstić information content (AvgIpc) is 3.32. The zero-order valence-corrected chi connectivity index (χ0v) is 18.4. The summed E-state index contributed by atoms with van der Waals surface area (Å²) in [5.41, 5.74) is 0.176. The number of ether oxygens (including phenoxy) is 3. The van der Waals surface area contributed by atoms with Crippen LogP contribution in [0.1, 0.15) is 5.89 Å². The third-order valence-electron chi connectivity index (χ3n) is 5.13. The van der Waals surface area contributed by atoms with Gasteiger partial charge in [0.25, 0.3) is 5.56 Å². The van der Waals surface area contributed by atoms with Crippen molar-refractivity contribution in [2.24, 2.45) is 0 Å². The van der Waals surface area contributed by atoms with E-state index in [1.165, 1.54) is 32.0 Å². The van der Waals surface area contributed by atoms with Crippen molar-refractivity contribution < 1.29 is 18.7 Å². The van der Waals surface area contributed by atoms with E-state index >= 15 is 0 Å². The van der Waals surface area contributed by atoms with Crippen LogP contribution < -0.4 is 25.5 Å². The molecule has 0 amide bonds. The van der Waals surface area contributed by atoms with Gasteiger partial charge in [0, 0.05) is 12.1 Å². The van der Waals surface area contributed by atoms with Gasteiger partial charge in [-0.05, 0) is 24.3 Å². The minimum absolute atomic E-state index is 0.0196. The summed E-state index contributed by atoms with van der Waals surface area (Å²) in [6.45, 7) is 3.70. The number of benzene rings is 2. The Hall–Kier alpha value is -4.34. The number of aromatic nitrogens is 4. The van der Waals surface area contributed by atoms with Crippen LogP contribution >= 0.6 is 0 Å². The maximum Gasteiger partial charge on any atom is 0.332 e. The molecule has 2 aromatic heterocycles. The number of nitrogens with zero attached hydrogens (tertiary/aromatic N) is 4. The van der Waals surface area contributed by atoms with Crippen LogP contribution in [0.3, 0.4) is 0 Å². The molecule has 0 aliphatic rings. The fourth-order valence-electron chi connectivity index (χ4n) is 3.60. The van der Waals surface area contributed by atoms with E-state index in [-0.39, 0.29) is 30.4 Å². The molecule has 0 saturated heterocycles. The van der Waals surface area contributed by atoms with Gasteiger partial charge in [-0.1, -0.05) is 23.4 Å². The minimum Gasteiger partial charge on any atom is -0.493 e. The molecule has 170 valence electrons. The summed E-state index contributed by atoms with van der Waals surface area (Å²) in [5.74, 6) is 1.79. The normalized spacial score (nSPS) is 10.9. The molecule has 0 aliphatic carbocycles. The molecule has 0 radical (unpaired) electrons. The second kappa shape index (κ2) is 9.03. The van der Waals surface area contributed by atoms with Crippen LogP contribution in [0.25, 0.3) is 22.3 Å². The largest absolute Gasteiger partial charge is 0.493 e. The molecule has 10 nitrogen and oxygen atoms in total. The van der Waals surface area contributed by atoms with E-state index in [1.807, 2.05) is 0 Å². The summed E-state index contributed by atoms with van der Waals surface area (Å²) < 4.78 is 24.1. The van der Waals surface area contributed by atoms with Crippen LogP contribution in [-0.4, -0.2) is 40.6 Å². The second-order valence-electron chi connectivity index (χ2n) is 7.02. The first-order valence-corrected chi connectivity index (χ1v) is 9.98. The molecule has 4 rings (SSSR count). The van der Waals surface area contributed by atoms with Crippen molar-refractivity contribution in [3.05, 3.63) is 75.8 Å². The van der Waals surface area contributed by atoms with Crippen molar-refractivity contribution >= 4 is 10.9 Å². The van der Waals surface area contributed by atoms with Gasteiger partial charge in [0.15, 0.2) is 11.5 Å². The maximum atomic E-state index is 13.1. The van der Waals surface area contributed by atoms with Gasteiger partial charge in [0.05, 0.1) is 32.2 Å². The second-order valence-corrected chi connectivity index (χ2v) is 7.02. The average molecular weight is 450 g/mol. The van der Waals surface area contributed by atoms with Gasteiger partial charge in [-0.25, -0.2) is 4.79 Å². The fraction of sp³-hybridized carbons (Fsp3) is 0.217. The number of hydrogen-bond donors (Lipinski definition) is 0. The Morgan fingerprint density at radius 2 is 1.73 bits per heavy atom. The third-order valence-corrected chi connectivity index (χ3v) is 5.13. The Kier molecular flexibility index (Phi) is 5.99. The molecule has 0 fully saturated rings. The number of para-hydroxylation sites is 1. The molecule has 33 heavy (non-hydrogen) atoms. The van der Waals surface area contributed by atoms with Crippen LogP contribution in [0.2, 0.25) is 0 Å². The molecule has 2 aromatic carbocycles. The quantitative estimate of drug-likeness (QED) is 0.377. The van der Waals surface area contributed by atoms with Crippen LogP contribution in [0.4, 0.5) is 0 Å². The Morgan fingerprint density at radius 3 is 2.36 bits per heavy atom. The molecular weight excluding hydrogens is 428 g/mol. The molecule has 0 spiro atoms. The van der Waals surface area contributed by atoms with Gasteiger partial charge in [0.2, 0.25) is 17.5 Å². The topological polar surface area (TPSA) is 111 Å². The zero-order chi connectivity index (χ0) is 23.5. The molecule has 2 heterocycles. The standard InChI is InChI=1S/C23H22N4O6/c1-5-10-26-22(28)15-8-6-7-9-16(15)27(23(26)29)13-19-24-21(25-33-19)14-11-17(30-2)20(32-4)18(12-14)31-3/h5-9,11-12H,1,10,13H2,2-4H3. The monoisotopic (exact) mass is 450 g/mol. The highest BCUT2D eigenvalue weighted by molar-refractivity contribution is 5.77. The van der Waals surface area contributed by atoms with Gasteiger partial charge < -0.3 is 18.7 Å². The summed E-state index contributed by atoms with van der Waals surface area (Å²) >= 11 is 0. The first-order valence-electron chi connectivity index (χ1n) is 9.98. The predicted molar refractivity (Wildman–Crippen MR) is 121 cm³/mol. The summed E-state index contributed by atoms with van der Waals surface area (Å²) in [5, 5.41) is 4.44. The Labute approximate surface area is 188 Å². The van der Waals surface area contributed by atoms with E-state index in [0.29, 0.717) is 33.7 Å². The molecular formula is C23H22N4O6. The number of fused-ring (bicyclic) bond motifs is 1. The number of methoxy groups -OCH3 is 3. The highest BCUT2D eigenvalue weighted by Gasteiger charge is 2.19. The van der Waals surface area contributed by atoms with E-state index in [1.54, 1.807) is 36.4 Å². The van der Waals surface area contributed by atoms with Gasteiger partial charge in [0.1, 0.15) is 6.54 Å². The molecule has 4 aromatic rings. The highest BCUT2D eigenvalue weighted by Crippen LogP contribution is 2.40. The summed E-state index contributed by atoms with van der Waals surface area (Å²) in [6.07, 6.45) is 1.50. The van der Waals surface area contributed by atoms with Gasteiger partial charge in [-0.15, -0.1) is 6.58 Å². The van der Waals surface area contributed by atoms with E-state index in [0.717, 1.165) is 4.57 Å². The van der Waals surface area contributed by atoms with Crippen molar-refractivity contribution in [1.82, 2.24) is 19.3 Å². The lowest BCUT2D eigenvalue weighted by atomic mass is 10.1. The summed E-state index contributed by atoms with van der Waals surface area (Å²) in [7, 11) is 4.54. The zero-order valence-electron chi connectivity index (χ0n) is 18.4. The third kappa shape index (κ3) is 3.86. The smallest absolute Gasteiger partial charge is 0.332 e. The fourth-order valence-corrected chi connectivity index (χ4v) is 3.60. The molecule has 0 N–H and O–H groups in total. The minimum atomic E-state index is -0.494. The summed E-state index contributed by atoms with van der Waals surface area (Å²) in [4.78, 5) is 30.2. The Bertz CT molecular complexity index is 1420. The Balaban J connectivity index is 1.79. The van der Waals surface area contributed by atoms with Crippen molar-refractivity contribution in [3.8, 4) is 28.6 Å². The number of hydrogen-bond acceptors (Lipinski definition) is 8. The number of rotatable bonds is 8. The Morgan fingerprint density at radius 1 is 1.03 bits per heavy atom. The van der Waals surface area contributed by atoms with Crippen molar-refractivity contribution in [2.45, 2.75) is 13.1 Å². The molecule has 0 unspecified atom stereocenters. The van der Waals surface area contributed by atoms with E-state index in [2.05, 4.69) is 16.7 Å². The summed E-state index contributed by atoms with van der Waals surface area (Å²) in [6, 6.07) is 10.3. The first-order chi connectivity index (χ1) is 16.0. The SMILES string of the molecule is C=CCn1c(=O)c2ccccc2n(Cc2nc(-c3cc(OC)c(OC)c(OC)c3)no2)c1=O. The van der Waals surface area contributed by atoms with Crippen LogP contribution in [-0.2, 0) is 13.1 Å². The van der Waals surface area contributed by atoms with Gasteiger partial charge in [-0.2, -0.15) is 4.98 Å². The maximum absolute atomic E-state index is 13.1. The van der Waals surface area contributed by atoms with Crippen molar-refractivity contribution in [3.63, 3.8) is 0 Å². The first kappa shape index (κ1) is 21.9. The van der Waals surface area contributed by atoms with Crippen molar-refractivity contribution in [1.29, 1.82) is 0 Å². The van der Waals surface area contributed by atoms with Crippen LogP contribution in [0.5, 0.6) is 17.2 Å². The molecule has 0 atom stereocenters. The molecule has 0 aliphatic heterocycles.